The predicted octanol–water partition coefficient (Wildman–Crippen LogP) is 1.78. The monoisotopic (exact) mass is 206 g/mol. The summed E-state index contributed by atoms with van der Waals surface area (Å²) >= 11 is 0. The standard InChI is InChI=1S/C12H18N2O/c1-9(2)14(12(15)10(3)13)11-7-5-4-6-8-11/h4-10H,13H2,1-3H3. The molecular formula is C12H18N2O. The van der Waals surface area contributed by atoms with Gasteiger partial charge < -0.3 is 10.6 Å². The van der Waals surface area contributed by atoms with Crippen molar-refractivity contribution in [2.24, 2.45) is 5.73 Å². The number of nitrogens with zero attached hydrogens (tertiary/aromatic N) is 1. The largest absolute Gasteiger partial charge is 0.320 e. The Morgan fingerprint density at radius 3 is 2.13 bits per heavy atom. The van der Waals surface area contributed by atoms with Crippen LogP contribution in [-0.2, 0) is 4.79 Å². The fourth-order valence-electron chi connectivity index (χ4n) is 1.49. The van der Waals surface area contributed by atoms with Crippen LogP contribution in [0.2, 0.25) is 0 Å². The van der Waals surface area contributed by atoms with Crippen LogP contribution >= 0.6 is 0 Å². The lowest BCUT2D eigenvalue weighted by molar-refractivity contribution is -0.119. The molecule has 0 aliphatic rings. The van der Waals surface area contributed by atoms with E-state index in [0.29, 0.717) is 0 Å². The highest BCUT2D eigenvalue weighted by molar-refractivity contribution is 5.97. The van der Waals surface area contributed by atoms with Gasteiger partial charge in [0, 0.05) is 11.7 Å². The Hall–Kier alpha value is -1.35. The van der Waals surface area contributed by atoms with Crippen molar-refractivity contribution in [3.05, 3.63) is 30.3 Å². The minimum atomic E-state index is -0.465. The molecule has 0 radical (unpaired) electrons. The number of carbonyl (C=O) groups is 1. The van der Waals surface area contributed by atoms with Crippen LogP contribution in [0.25, 0.3) is 0 Å². The average Bonchev–Trinajstić information content (AvgIpc) is 2.18. The van der Waals surface area contributed by atoms with Gasteiger partial charge in [-0.25, -0.2) is 0 Å². The van der Waals surface area contributed by atoms with E-state index in [1.807, 2.05) is 44.2 Å². The smallest absolute Gasteiger partial charge is 0.243 e. The summed E-state index contributed by atoms with van der Waals surface area (Å²) in [7, 11) is 0. The van der Waals surface area contributed by atoms with Gasteiger partial charge in [-0.3, -0.25) is 4.79 Å². The molecule has 1 rings (SSSR count). The van der Waals surface area contributed by atoms with E-state index in [2.05, 4.69) is 0 Å². The van der Waals surface area contributed by atoms with Crippen LogP contribution in [0.1, 0.15) is 20.8 Å². The van der Waals surface area contributed by atoms with Crippen molar-refractivity contribution in [3.63, 3.8) is 0 Å². The lowest BCUT2D eigenvalue weighted by Crippen LogP contribution is -2.45. The maximum Gasteiger partial charge on any atom is 0.243 e. The summed E-state index contributed by atoms with van der Waals surface area (Å²) in [5.41, 5.74) is 6.52. The van der Waals surface area contributed by atoms with Gasteiger partial charge in [0.2, 0.25) is 5.91 Å². The Morgan fingerprint density at radius 2 is 1.73 bits per heavy atom. The van der Waals surface area contributed by atoms with Crippen molar-refractivity contribution in [2.45, 2.75) is 32.9 Å². The van der Waals surface area contributed by atoms with Gasteiger partial charge in [-0.1, -0.05) is 18.2 Å². The molecule has 1 aromatic rings. The Kier molecular flexibility index (Phi) is 3.86. The van der Waals surface area contributed by atoms with Gasteiger partial charge in [0.1, 0.15) is 0 Å². The molecular weight excluding hydrogens is 188 g/mol. The first-order valence-corrected chi connectivity index (χ1v) is 5.17. The van der Waals surface area contributed by atoms with E-state index in [-0.39, 0.29) is 11.9 Å². The van der Waals surface area contributed by atoms with E-state index < -0.39 is 6.04 Å². The first-order valence-electron chi connectivity index (χ1n) is 5.17. The van der Waals surface area contributed by atoms with E-state index >= 15 is 0 Å². The zero-order valence-corrected chi connectivity index (χ0v) is 9.47. The minimum Gasteiger partial charge on any atom is -0.320 e. The van der Waals surface area contributed by atoms with Crippen LogP contribution in [0.4, 0.5) is 5.69 Å². The average molecular weight is 206 g/mol. The number of carbonyl (C=O) groups excluding carboxylic acids is 1. The normalized spacial score (nSPS) is 12.6. The molecule has 0 bridgehead atoms. The fourth-order valence-corrected chi connectivity index (χ4v) is 1.49. The summed E-state index contributed by atoms with van der Waals surface area (Å²) in [5, 5.41) is 0. The highest BCUT2D eigenvalue weighted by Crippen LogP contribution is 2.17. The molecule has 0 aromatic heterocycles. The molecule has 0 heterocycles. The molecule has 1 amide bonds. The third-order valence-electron chi connectivity index (χ3n) is 2.18. The zero-order valence-electron chi connectivity index (χ0n) is 9.47. The van der Waals surface area contributed by atoms with E-state index in [1.165, 1.54) is 0 Å². The molecule has 1 aromatic carbocycles. The number of para-hydroxylation sites is 1. The summed E-state index contributed by atoms with van der Waals surface area (Å²) in [5.74, 6) is -0.0452. The molecule has 0 aliphatic carbocycles. The van der Waals surface area contributed by atoms with Crippen LogP contribution in [0, 0.1) is 0 Å². The van der Waals surface area contributed by atoms with Crippen LogP contribution in [0.5, 0.6) is 0 Å². The Morgan fingerprint density at radius 1 is 1.20 bits per heavy atom. The fraction of sp³-hybridized carbons (Fsp3) is 0.417. The predicted molar refractivity (Wildman–Crippen MR) is 62.7 cm³/mol. The topological polar surface area (TPSA) is 46.3 Å². The van der Waals surface area contributed by atoms with Crippen molar-refractivity contribution in [3.8, 4) is 0 Å². The Bertz CT molecular complexity index is 320. The van der Waals surface area contributed by atoms with Crippen molar-refractivity contribution in [2.75, 3.05) is 4.90 Å². The molecule has 15 heavy (non-hydrogen) atoms. The number of amides is 1. The summed E-state index contributed by atoms with van der Waals surface area (Å²) in [6.45, 7) is 5.67. The molecule has 2 N–H and O–H groups in total. The lowest BCUT2D eigenvalue weighted by Gasteiger charge is -2.28. The van der Waals surface area contributed by atoms with E-state index in [0.717, 1.165) is 5.69 Å². The molecule has 3 nitrogen and oxygen atoms in total. The van der Waals surface area contributed by atoms with Gasteiger partial charge in [0.15, 0.2) is 0 Å². The van der Waals surface area contributed by atoms with Gasteiger partial charge >= 0.3 is 0 Å². The van der Waals surface area contributed by atoms with Gasteiger partial charge in [-0.05, 0) is 32.9 Å². The zero-order chi connectivity index (χ0) is 11.4. The first-order chi connectivity index (χ1) is 7.04. The second-order valence-electron chi connectivity index (χ2n) is 3.93. The van der Waals surface area contributed by atoms with Gasteiger partial charge in [-0.15, -0.1) is 0 Å². The lowest BCUT2D eigenvalue weighted by atomic mass is 10.2. The van der Waals surface area contributed by atoms with Crippen LogP contribution < -0.4 is 10.6 Å². The molecule has 1 unspecified atom stereocenters. The van der Waals surface area contributed by atoms with Crippen LogP contribution in [0.3, 0.4) is 0 Å². The molecule has 82 valence electrons. The summed E-state index contributed by atoms with van der Waals surface area (Å²) in [6, 6.07) is 9.25. The maximum absolute atomic E-state index is 11.9. The van der Waals surface area contributed by atoms with Crippen LogP contribution in [0.15, 0.2) is 30.3 Å². The summed E-state index contributed by atoms with van der Waals surface area (Å²) in [6.07, 6.45) is 0. The molecule has 3 heteroatoms. The van der Waals surface area contributed by atoms with Crippen LogP contribution in [-0.4, -0.2) is 18.0 Å². The minimum absolute atomic E-state index is 0.0452. The van der Waals surface area contributed by atoms with Gasteiger partial charge in [0.25, 0.3) is 0 Å². The molecule has 1 atom stereocenters. The third kappa shape index (κ3) is 2.80. The number of nitrogens with two attached hydrogens (primary N) is 1. The van der Waals surface area contributed by atoms with E-state index in [9.17, 15) is 4.79 Å². The molecule has 0 fully saturated rings. The molecule has 0 spiro atoms. The number of benzene rings is 1. The number of hydrogen-bond donors (Lipinski definition) is 1. The van der Waals surface area contributed by atoms with Crippen molar-refractivity contribution >= 4 is 11.6 Å². The molecule has 0 saturated carbocycles. The van der Waals surface area contributed by atoms with Crippen molar-refractivity contribution in [1.82, 2.24) is 0 Å². The number of hydrogen-bond acceptors (Lipinski definition) is 2. The third-order valence-corrected chi connectivity index (χ3v) is 2.18. The quantitative estimate of drug-likeness (QED) is 0.819. The number of anilines is 1. The van der Waals surface area contributed by atoms with E-state index in [1.54, 1.807) is 11.8 Å². The summed E-state index contributed by atoms with van der Waals surface area (Å²) < 4.78 is 0. The summed E-state index contributed by atoms with van der Waals surface area (Å²) in [4.78, 5) is 13.6. The van der Waals surface area contributed by atoms with Gasteiger partial charge in [0.05, 0.1) is 6.04 Å². The highest BCUT2D eigenvalue weighted by Gasteiger charge is 2.21. The molecule has 0 saturated heterocycles. The highest BCUT2D eigenvalue weighted by atomic mass is 16.2. The number of rotatable bonds is 3. The van der Waals surface area contributed by atoms with Crippen molar-refractivity contribution in [1.29, 1.82) is 0 Å². The Labute approximate surface area is 90.9 Å². The SMILES string of the molecule is CC(N)C(=O)N(c1ccccc1)C(C)C. The second kappa shape index (κ2) is 4.94. The first kappa shape index (κ1) is 11.7. The van der Waals surface area contributed by atoms with E-state index in [4.69, 9.17) is 5.73 Å². The molecule has 0 aliphatic heterocycles. The maximum atomic E-state index is 11.9. The van der Waals surface area contributed by atoms with Gasteiger partial charge in [-0.2, -0.15) is 0 Å². The Balaban J connectivity index is 2.99. The van der Waals surface area contributed by atoms with Crippen molar-refractivity contribution < 1.29 is 4.79 Å². The second-order valence-corrected chi connectivity index (χ2v) is 3.93.